The SMILES string of the molecule is COc1ccc(N2C(=O)c3cccnc3[C@H]2Nc2ccc(Br)c(C)c2)cc1. The first-order chi connectivity index (χ1) is 13.1. The summed E-state index contributed by atoms with van der Waals surface area (Å²) in [4.78, 5) is 19.3. The van der Waals surface area contributed by atoms with Crippen LogP contribution in [-0.4, -0.2) is 18.0 Å². The standard InChI is InChI=1S/C21H18BrN3O2/c1-13-12-14(5-10-18(13)22)24-20-19-17(4-3-11-23-19)21(26)25(20)15-6-8-16(27-2)9-7-15/h3-12,20,24H,1-2H3/t20-/m0/s1. The van der Waals surface area contributed by atoms with Gasteiger partial charge in [-0.15, -0.1) is 0 Å². The molecule has 1 atom stereocenters. The number of carbonyl (C=O) groups excluding carboxylic acids is 1. The molecule has 5 nitrogen and oxygen atoms in total. The van der Waals surface area contributed by atoms with E-state index in [1.807, 2.05) is 55.5 Å². The minimum atomic E-state index is -0.386. The Balaban J connectivity index is 1.76. The lowest BCUT2D eigenvalue weighted by atomic mass is 10.2. The zero-order valence-corrected chi connectivity index (χ0v) is 16.5. The minimum Gasteiger partial charge on any atom is -0.497 e. The highest BCUT2D eigenvalue weighted by molar-refractivity contribution is 9.10. The molecular weight excluding hydrogens is 406 g/mol. The summed E-state index contributed by atoms with van der Waals surface area (Å²) in [7, 11) is 1.62. The molecule has 1 aliphatic rings. The highest BCUT2D eigenvalue weighted by Gasteiger charge is 2.39. The van der Waals surface area contributed by atoms with Crippen molar-refractivity contribution in [3.05, 3.63) is 82.1 Å². The first-order valence-corrected chi connectivity index (χ1v) is 9.33. The van der Waals surface area contributed by atoms with Crippen LogP contribution in [0.5, 0.6) is 5.75 Å². The van der Waals surface area contributed by atoms with E-state index in [1.165, 1.54) is 0 Å². The Morgan fingerprint density at radius 1 is 1.15 bits per heavy atom. The molecule has 0 bridgehead atoms. The van der Waals surface area contributed by atoms with Gasteiger partial charge in [-0.25, -0.2) is 0 Å². The fourth-order valence-corrected chi connectivity index (χ4v) is 3.47. The van der Waals surface area contributed by atoms with Gasteiger partial charge in [0, 0.05) is 22.0 Å². The van der Waals surface area contributed by atoms with Crippen LogP contribution in [0.15, 0.2) is 65.3 Å². The number of anilines is 2. The van der Waals surface area contributed by atoms with E-state index in [0.29, 0.717) is 5.56 Å². The summed E-state index contributed by atoms with van der Waals surface area (Å²) >= 11 is 3.52. The van der Waals surface area contributed by atoms with Gasteiger partial charge in [0.2, 0.25) is 0 Å². The smallest absolute Gasteiger partial charge is 0.262 e. The maximum absolute atomic E-state index is 13.1. The van der Waals surface area contributed by atoms with Crippen molar-refractivity contribution in [1.29, 1.82) is 0 Å². The van der Waals surface area contributed by atoms with Crippen LogP contribution in [0.2, 0.25) is 0 Å². The Bertz CT molecular complexity index is 1000. The second-order valence-corrected chi connectivity index (χ2v) is 7.17. The van der Waals surface area contributed by atoms with Gasteiger partial charge in [0.15, 0.2) is 6.17 Å². The zero-order chi connectivity index (χ0) is 19.0. The van der Waals surface area contributed by atoms with Crippen molar-refractivity contribution < 1.29 is 9.53 Å². The van der Waals surface area contributed by atoms with Crippen LogP contribution < -0.4 is 15.0 Å². The largest absolute Gasteiger partial charge is 0.497 e. The maximum Gasteiger partial charge on any atom is 0.262 e. The van der Waals surface area contributed by atoms with Gasteiger partial charge in [0.1, 0.15) is 5.75 Å². The lowest BCUT2D eigenvalue weighted by molar-refractivity contribution is 0.0993. The average Bonchev–Trinajstić information content (AvgIpc) is 2.97. The first-order valence-electron chi connectivity index (χ1n) is 8.53. The van der Waals surface area contributed by atoms with Crippen LogP contribution in [-0.2, 0) is 0 Å². The molecule has 0 fully saturated rings. The number of nitrogens with zero attached hydrogens (tertiary/aromatic N) is 2. The summed E-state index contributed by atoms with van der Waals surface area (Å²) in [5.41, 5.74) is 4.15. The molecular formula is C21H18BrN3O2. The number of halogens is 1. The molecule has 0 aliphatic carbocycles. The molecule has 0 radical (unpaired) electrons. The van der Waals surface area contributed by atoms with Gasteiger partial charge >= 0.3 is 0 Å². The van der Waals surface area contributed by atoms with Crippen LogP contribution >= 0.6 is 15.9 Å². The number of methoxy groups -OCH3 is 1. The van der Waals surface area contributed by atoms with E-state index in [4.69, 9.17) is 4.74 Å². The van der Waals surface area contributed by atoms with E-state index in [9.17, 15) is 4.79 Å². The van der Waals surface area contributed by atoms with Gasteiger partial charge in [-0.3, -0.25) is 14.7 Å². The molecule has 3 aromatic rings. The van der Waals surface area contributed by atoms with Crippen LogP contribution in [0.4, 0.5) is 11.4 Å². The number of hydrogen-bond donors (Lipinski definition) is 1. The van der Waals surface area contributed by atoms with Gasteiger partial charge in [-0.2, -0.15) is 0 Å². The molecule has 1 N–H and O–H groups in total. The van der Waals surface area contributed by atoms with Gasteiger partial charge in [0.05, 0.1) is 18.4 Å². The molecule has 2 aromatic carbocycles. The summed E-state index contributed by atoms with van der Waals surface area (Å²) in [6.07, 6.45) is 1.33. The van der Waals surface area contributed by atoms with Crippen LogP contribution in [0, 0.1) is 6.92 Å². The van der Waals surface area contributed by atoms with E-state index in [1.54, 1.807) is 24.3 Å². The van der Waals surface area contributed by atoms with Gasteiger partial charge in [-0.1, -0.05) is 15.9 Å². The molecule has 1 aromatic heterocycles. The molecule has 1 aliphatic heterocycles. The Labute approximate surface area is 166 Å². The van der Waals surface area contributed by atoms with Crippen molar-refractivity contribution in [1.82, 2.24) is 4.98 Å². The highest BCUT2D eigenvalue weighted by atomic mass is 79.9. The minimum absolute atomic E-state index is 0.0744. The number of aryl methyl sites for hydroxylation is 1. The third-order valence-electron chi connectivity index (χ3n) is 4.62. The number of pyridine rings is 1. The second kappa shape index (κ2) is 7.04. The third-order valence-corrected chi connectivity index (χ3v) is 5.51. The van der Waals surface area contributed by atoms with E-state index in [-0.39, 0.29) is 12.1 Å². The predicted octanol–water partition coefficient (Wildman–Crippen LogP) is 4.93. The second-order valence-electron chi connectivity index (χ2n) is 6.32. The Kier molecular flexibility index (Phi) is 4.58. The topological polar surface area (TPSA) is 54.5 Å². The van der Waals surface area contributed by atoms with Crippen molar-refractivity contribution in [2.75, 3.05) is 17.3 Å². The monoisotopic (exact) mass is 423 g/mol. The molecule has 1 amide bonds. The highest BCUT2D eigenvalue weighted by Crippen LogP contribution is 2.37. The molecule has 27 heavy (non-hydrogen) atoms. The Morgan fingerprint density at radius 3 is 2.63 bits per heavy atom. The number of nitrogens with one attached hydrogen (secondary N) is 1. The number of aromatic nitrogens is 1. The van der Waals surface area contributed by atoms with E-state index in [0.717, 1.165) is 32.9 Å². The summed E-state index contributed by atoms with van der Waals surface area (Å²) in [5.74, 6) is 0.670. The molecule has 2 heterocycles. The molecule has 0 unspecified atom stereocenters. The number of hydrogen-bond acceptors (Lipinski definition) is 4. The fourth-order valence-electron chi connectivity index (χ4n) is 3.22. The first kappa shape index (κ1) is 17.5. The van der Waals surface area contributed by atoms with E-state index < -0.39 is 0 Å². The van der Waals surface area contributed by atoms with Gasteiger partial charge in [0.25, 0.3) is 5.91 Å². The number of carbonyl (C=O) groups is 1. The Hall–Kier alpha value is -2.86. The number of ether oxygens (including phenoxy) is 1. The molecule has 4 rings (SSSR count). The fraction of sp³-hybridized carbons (Fsp3) is 0.143. The normalized spacial score (nSPS) is 15.6. The number of benzene rings is 2. The van der Waals surface area contributed by atoms with E-state index >= 15 is 0 Å². The van der Waals surface area contributed by atoms with Crippen molar-refractivity contribution in [3.63, 3.8) is 0 Å². The predicted molar refractivity (Wildman–Crippen MR) is 109 cm³/mol. The van der Waals surface area contributed by atoms with E-state index in [2.05, 4.69) is 26.2 Å². The van der Waals surface area contributed by atoms with Gasteiger partial charge < -0.3 is 10.1 Å². The van der Waals surface area contributed by atoms with Gasteiger partial charge in [-0.05, 0) is 67.1 Å². The van der Waals surface area contributed by atoms with Crippen LogP contribution in [0.1, 0.15) is 27.8 Å². The molecule has 0 saturated heterocycles. The molecule has 6 heteroatoms. The Morgan fingerprint density at radius 2 is 1.93 bits per heavy atom. The lowest BCUT2D eigenvalue weighted by Crippen LogP contribution is -2.32. The van der Waals surface area contributed by atoms with Crippen molar-refractivity contribution in [2.45, 2.75) is 13.1 Å². The molecule has 136 valence electrons. The summed E-state index contributed by atoms with van der Waals surface area (Å²) in [5, 5.41) is 3.46. The zero-order valence-electron chi connectivity index (χ0n) is 14.9. The summed E-state index contributed by atoms with van der Waals surface area (Å²) in [6, 6.07) is 17.1. The van der Waals surface area contributed by atoms with Crippen LogP contribution in [0.3, 0.4) is 0 Å². The maximum atomic E-state index is 13.1. The quantitative estimate of drug-likeness (QED) is 0.645. The van der Waals surface area contributed by atoms with Crippen molar-refractivity contribution >= 4 is 33.2 Å². The molecule has 0 spiro atoms. The van der Waals surface area contributed by atoms with Crippen molar-refractivity contribution in [3.8, 4) is 5.75 Å². The van der Waals surface area contributed by atoms with Crippen LogP contribution in [0.25, 0.3) is 0 Å². The number of rotatable bonds is 4. The summed E-state index contributed by atoms with van der Waals surface area (Å²) in [6.45, 7) is 2.03. The average molecular weight is 424 g/mol. The summed E-state index contributed by atoms with van der Waals surface area (Å²) < 4.78 is 6.27. The lowest BCUT2D eigenvalue weighted by Gasteiger charge is -2.27. The molecule has 0 saturated carbocycles. The van der Waals surface area contributed by atoms with Crippen molar-refractivity contribution in [2.24, 2.45) is 0 Å². The number of fused-ring (bicyclic) bond motifs is 1. The third kappa shape index (κ3) is 3.17. The number of amides is 1.